The highest BCUT2D eigenvalue weighted by Gasteiger charge is 2.28. The number of nitrogens with one attached hydrogen (secondary N) is 1. The molecule has 0 aromatic heterocycles. The molecule has 0 spiro atoms. The van der Waals surface area contributed by atoms with E-state index in [2.05, 4.69) is 26.7 Å². The van der Waals surface area contributed by atoms with E-state index in [1.165, 1.54) is 17.7 Å². The van der Waals surface area contributed by atoms with E-state index in [0.717, 1.165) is 34.2 Å². The van der Waals surface area contributed by atoms with E-state index in [0.29, 0.717) is 11.3 Å². The predicted octanol–water partition coefficient (Wildman–Crippen LogP) is 5.91. The highest BCUT2D eigenvalue weighted by molar-refractivity contribution is 8.02. The lowest BCUT2D eigenvalue weighted by atomic mass is 9.99. The first-order valence-electron chi connectivity index (χ1n) is 11.8. The van der Waals surface area contributed by atoms with Crippen molar-refractivity contribution < 1.29 is 12.6 Å². The number of fused-ring (bicyclic) bond motifs is 2. The molecule has 4 aromatic rings. The third kappa shape index (κ3) is 5.00. The minimum atomic E-state index is -4.20. The van der Waals surface area contributed by atoms with Gasteiger partial charge in [-0.2, -0.15) is 8.42 Å². The molecule has 1 aliphatic rings. The molecule has 7 heteroatoms. The van der Waals surface area contributed by atoms with Gasteiger partial charge in [0.2, 0.25) is 0 Å². The largest absolute Gasteiger partial charge is 0.291 e. The maximum absolute atomic E-state index is 14.6. The van der Waals surface area contributed by atoms with Crippen LogP contribution in [0.25, 0.3) is 0 Å². The number of sulfonamides is 1. The number of rotatable bonds is 5. The molecule has 1 N–H and O–H groups in total. The van der Waals surface area contributed by atoms with Crippen LogP contribution in [0.3, 0.4) is 0 Å². The van der Waals surface area contributed by atoms with Crippen molar-refractivity contribution >= 4 is 19.9 Å². The number of aryl methyl sites for hydroxylation is 2. The van der Waals surface area contributed by atoms with E-state index in [-0.39, 0.29) is 4.90 Å². The first-order chi connectivity index (χ1) is 17.2. The summed E-state index contributed by atoms with van der Waals surface area (Å²) >= 11 is 0. The van der Waals surface area contributed by atoms with Gasteiger partial charge in [0.1, 0.15) is 0 Å². The van der Waals surface area contributed by atoms with Gasteiger partial charge in [0.25, 0.3) is 10.0 Å². The summed E-state index contributed by atoms with van der Waals surface area (Å²) in [4.78, 5) is 0.347. The zero-order valence-electron chi connectivity index (χ0n) is 20.2. The topological polar surface area (TPSA) is 75.6 Å². The SMILES string of the molecule is Cc1ccc(S(=O)(=O)N=S(=O)(N[C@@H]2Cc3ccccc3Cc3ccccc32)c2ccc(C)cc2)cc1. The van der Waals surface area contributed by atoms with Crippen molar-refractivity contribution in [3.8, 4) is 0 Å². The van der Waals surface area contributed by atoms with Gasteiger partial charge in [0.05, 0.1) is 9.79 Å². The number of hydrogen-bond donors (Lipinski definition) is 1. The molecular weight excluding hydrogens is 488 g/mol. The van der Waals surface area contributed by atoms with E-state index in [4.69, 9.17) is 0 Å². The Kier molecular flexibility index (Phi) is 6.55. The van der Waals surface area contributed by atoms with Gasteiger partial charge < -0.3 is 0 Å². The predicted molar refractivity (Wildman–Crippen MR) is 144 cm³/mol. The first kappa shape index (κ1) is 24.4. The van der Waals surface area contributed by atoms with E-state index >= 15 is 0 Å². The summed E-state index contributed by atoms with van der Waals surface area (Å²) < 4.78 is 48.6. The van der Waals surface area contributed by atoms with Gasteiger partial charge in [-0.3, -0.25) is 0 Å². The third-order valence-corrected chi connectivity index (χ3v) is 10.5. The van der Waals surface area contributed by atoms with Gasteiger partial charge in [-0.15, -0.1) is 0 Å². The fraction of sp³-hybridized carbons (Fsp3) is 0.172. The summed E-state index contributed by atoms with van der Waals surface area (Å²) in [5, 5.41) is 0. The Morgan fingerprint density at radius 2 is 1.19 bits per heavy atom. The van der Waals surface area contributed by atoms with Crippen molar-refractivity contribution in [2.24, 2.45) is 3.77 Å². The highest BCUT2D eigenvalue weighted by Crippen LogP contribution is 2.32. The fourth-order valence-corrected chi connectivity index (χ4v) is 8.23. The Bertz CT molecular complexity index is 1630. The Morgan fingerprint density at radius 3 is 1.83 bits per heavy atom. The van der Waals surface area contributed by atoms with Crippen LogP contribution in [-0.4, -0.2) is 12.6 Å². The van der Waals surface area contributed by atoms with Gasteiger partial charge in [-0.1, -0.05) is 87.7 Å². The first-order valence-corrected chi connectivity index (χ1v) is 14.8. The van der Waals surface area contributed by atoms with Crippen LogP contribution < -0.4 is 4.72 Å². The second kappa shape index (κ2) is 9.65. The maximum Gasteiger partial charge on any atom is 0.291 e. The number of hydrogen-bond acceptors (Lipinski definition) is 3. The van der Waals surface area contributed by atoms with Gasteiger partial charge in [-0.25, -0.2) is 8.93 Å². The van der Waals surface area contributed by atoms with Crippen LogP contribution in [0.1, 0.15) is 39.4 Å². The van der Waals surface area contributed by atoms with Crippen molar-refractivity contribution in [3.05, 3.63) is 130 Å². The van der Waals surface area contributed by atoms with Gasteiger partial charge in [0, 0.05) is 6.04 Å². The molecule has 0 heterocycles. The highest BCUT2D eigenvalue weighted by atomic mass is 32.3. The van der Waals surface area contributed by atoms with E-state index < -0.39 is 26.0 Å². The van der Waals surface area contributed by atoms with Crippen LogP contribution in [0.4, 0.5) is 0 Å². The quantitative estimate of drug-likeness (QED) is 0.358. The lowest BCUT2D eigenvalue weighted by Crippen LogP contribution is -2.31. The van der Waals surface area contributed by atoms with Crippen molar-refractivity contribution in [2.75, 3.05) is 0 Å². The summed E-state index contributed by atoms with van der Waals surface area (Å²) in [6.45, 7) is 3.81. The van der Waals surface area contributed by atoms with Gasteiger partial charge >= 0.3 is 0 Å². The van der Waals surface area contributed by atoms with Crippen LogP contribution in [0.2, 0.25) is 0 Å². The van der Waals surface area contributed by atoms with Crippen molar-refractivity contribution in [2.45, 2.75) is 42.5 Å². The molecule has 0 radical (unpaired) electrons. The van der Waals surface area contributed by atoms with E-state index in [9.17, 15) is 12.6 Å². The Labute approximate surface area is 213 Å². The molecule has 0 bridgehead atoms. The van der Waals surface area contributed by atoms with Gasteiger partial charge in [0.15, 0.2) is 9.92 Å². The lowest BCUT2D eigenvalue weighted by Gasteiger charge is -2.22. The van der Waals surface area contributed by atoms with Crippen molar-refractivity contribution in [1.29, 1.82) is 0 Å². The molecule has 2 atom stereocenters. The molecule has 184 valence electrons. The van der Waals surface area contributed by atoms with E-state index in [1.54, 1.807) is 24.3 Å². The average Bonchev–Trinajstić information content (AvgIpc) is 3.00. The summed E-state index contributed by atoms with van der Waals surface area (Å²) in [5.41, 5.74) is 6.37. The standard InChI is InChI=1S/C29H28N2O3S2/c1-21-11-15-26(16-12-21)35(32,31-36(33,34)27-17-13-22(2)14-18-27)30-29-20-24-8-4-3-7-23(24)19-25-9-5-6-10-28(25)29/h3-18,29H,19-20H2,1-2H3,(H,30,31,32)/t29-,35?/m1/s1. The third-order valence-electron chi connectivity index (χ3n) is 6.52. The minimum Gasteiger partial charge on any atom is -0.228 e. The van der Waals surface area contributed by atoms with Crippen LogP contribution in [0.15, 0.2) is 111 Å². The molecule has 0 saturated heterocycles. The average molecular weight is 517 g/mol. The molecule has 0 aliphatic heterocycles. The molecule has 0 fully saturated rings. The van der Waals surface area contributed by atoms with E-state index in [1.807, 2.05) is 56.3 Å². The Hall–Kier alpha value is -3.26. The molecule has 0 amide bonds. The Balaban J connectivity index is 1.67. The number of benzene rings is 4. The summed E-state index contributed by atoms with van der Waals surface area (Å²) in [6.07, 6.45) is 1.32. The molecule has 5 rings (SSSR count). The second-order valence-electron chi connectivity index (χ2n) is 9.22. The van der Waals surface area contributed by atoms with Crippen LogP contribution in [0.5, 0.6) is 0 Å². The van der Waals surface area contributed by atoms with Crippen LogP contribution in [-0.2, 0) is 32.8 Å². The second-order valence-corrected chi connectivity index (χ2v) is 13.0. The fourth-order valence-electron chi connectivity index (χ4n) is 4.54. The molecule has 0 saturated carbocycles. The molecule has 1 unspecified atom stereocenters. The van der Waals surface area contributed by atoms with Crippen molar-refractivity contribution in [1.82, 2.24) is 4.72 Å². The molecule has 1 aliphatic carbocycles. The lowest BCUT2D eigenvalue weighted by molar-refractivity contribution is 0.595. The normalized spacial score (nSPS) is 16.8. The maximum atomic E-state index is 14.6. The number of nitrogens with zero attached hydrogens (tertiary/aromatic N) is 1. The van der Waals surface area contributed by atoms with Crippen molar-refractivity contribution in [3.63, 3.8) is 0 Å². The smallest absolute Gasteiger partial charge is 0.228 e. The van der Waals surface area contributed by atoms with Gasteiger partial charge in [-0.05, 0) is 73.2 Å². The Morgan fingerprint density at radius 1 is 0.667 bits per heavy atom. The zero-order valence-corrected chi connectivity index (χ0v) is 21.9. The van der Waals surface area contributed by atoms with Crippen LogP contribution >= 0.6 is 0 Å². The molecule has 5 nitrogen and oxygen atoms in total. The molecule has 4 aromatic carbocycles. The summed E-state index contributed by atoms with van der Waals surface area (Å²) in [7, 11) is -7.78. The van der Waals surface area contributed by atoms with Crippen LogP contribution in [0, 0.1) is 13.8 Å². The summed E-state index contributed by atoms with van der Waals surface area (Å²) in [5.74, 6) is 0. The molecule has 36 heavy (non-hydrogen) atoms. The minimum absolute atomic E-state index is 0.0151. The molecular formula is C29H28N2O3S2. The monoisotopic (exact) mass is 516 g/mol. The summed E-state index contributed by atoms with van der Waals surface area (Å²) in [6, 6.07) is 29.3. The zero-order chi connectivity index (χ0) is 25.3.